The number of anilines is 2. The summed E-state index contributed by atoms with van der Waals surface area (Å²) in [6, 6.07) is 5.46. The van der Waals surface area contributed by atoms with Crippen LogP contribution < -0.4 is 11.1 Å². The van der Waals surface area contributed by atoms with Crippen LogP contribution in [0.5, 0.6) is 0 Å². The first-order valence-electron chi connectivity index (χ1n) is 6.04. The van der Waals surface area contributed by atoms with Crippen molar-refractivity contribution in [3.05, 3.63) is 22.7 Å². The molecule has 4 heteroatoms. The number of carbonyl (C=O) groups excluding carboxylic acids is 1. The summed E-state index contributed by atoms with van der Waals surface area (Å²) in [7, 11) is 0. The van der Waals surface area contributed by atoms with Gasteiger partial charge in [-0.05, 0) is 45.0 Å². The molecule has 2 rings (SSSR count). The molecule has 0 bridgehead atoms. The highest BCUT2D eigenvalue weighted by Gasteiger charge is 2.68. The molecule has 1 saturated carbocycles. The van der Waals surface area contributed by atoms with E-state index in [4.69, 9.17) is 5.73 Å². The van der Waals surface area contributed by atoms with E-state index in [0.29, 0.717) is 5.69 Å². The number of rotatable bonds is 2. The van der Waals surface area contributed by atoms with Crippen LogP contribution in [-0.2, 0) is 4.79 Å². The van der Waals surface area contributed by atoms with Crippen molar-refractivity contribution in [2.45, 2.75) is 27.7 Å². The summed E-state index contributed by atoms with van der Waals surface area (Å²) in [4.78, 5) is 12.2. The molecule has 1 fully saturated rings. The van der Waals surface area contributed by atoms with Crippen molar-refractivity contribution in [3.8, 4) is 0 Å². The second-order valence-electron chi connectivity index (χ2n) is 6.10. The van der Waals surface area contributed by atoms with Crippen LogP contribution in [0.15, 0.2) is 22.7 Å². The molecule has 0 saturated heterocycles. The molecular weight excluding hydrogens is 292 g/mol. The summed E-state index contributed by atoms with van der Waals surface area (Å²) in [5.74, 6) is 0.126. The Morgan fingerprint density at radius 2 is 1.83 bits per heavy atom. The van der Waals surface area contributed by atoms with Crippen molar-refractivity contribution in [1.82, 2.24) is 0 Å². The van der Waals surface area contributed by atoms with Crippen molar-refractivity contribution in [2.75, 3.05) is 11.1 Å². The second kappa shape index (κ2) is 3.98. The molecule has 0 unspecified atom stereocenters. The van der Waals surface area contributed by atoms with E-state index in [9.17, 15) is 4.79 Å². The Balaban J connectivity index is 2.12. The number of nitrogen functional groups attached to an aromatic ring is 1. The van der Waals surface area contributed by atoms with Crippen LogP contribution >= 0.6 is 15.9 Å². The normalized spacial score (nSPS) is 20.5. The van der Waals surface area contributed by atoms with Crippen LogP contribution in [0, 0.1) is 16.7 Å². The number of nitrogens with one attached hydrogen (secondary N) is 1. The van der Waals surface area contributed by atoms with E-state index >= 15 is 0 Å². The third kappa shape index (κ3) is 1.92. The highest BCUT2D eigenvalue weighted by atomic mass is 79.9. The van der Waals surface area contributed by atoms with E-state index in [0.717, 1.165) is 10.2 Å². The fourth-order valence-corrected chi connectivity index (χ4v) is 2.93. The van der Waals surface area contributed by atoms with Gasteiger partial charge in [0.15, 0.2) is 0 Å². The predicted molar refractivity (Wildman–Crippen MR) is 78.2 cm³/mol. The Kier molecular flexibility index (Phi) is 2.97. The van der Waals surface area contributed by atoms with Crippen molar-refractivity contribution in [1.29, 1.82) is 0 Å². The standard InChI is InChI=1S/C14H19BrN2O/c1-13(2)11(14(13,3)4)12(18)17-8-5-6-9(15)10(16)7-8/h5-7,11H,16H2,1-4H3,(H,17,18). The Hall–Kier alpha value is -1.03. The summed E-state index contributed by atoms with van der Waals surface area (Å²) in [6.45, 7) is 8.53. The minimum atomic E-state index is 0.0508. The molecule has 3 N–H and O–H groups in total. The number of hydrogen-bond donors (Lipinski definition) is 2. The highest BCUT2D eigenvalue weighted by Crippen LogP contribution is 2.68. The van der Waals surface area contributed by atoms with Crippen LogP contribution in [0.2, 0.25) is 0 Å². The van der Waals surface area contributed by atoms with Gasteiger partial charge >= 0.3 is 0 Å². The van der Waals surface area contributed by atoms with E-state index < -0.39 is 0 Å². The molecule has 0 atom stereocenters. The van der Waals surface area contributed by atoms with Gasteiger partial charge in [-0.2, -0.15) is 0 Å². The monoisotopic (exact) mass is 310 g/mol. The maximum atomic E-state index is 12.2. The molecule has 0 heterocycles. The largest absolute Gasteiger partial charge is 0.398 e. The average molecular weight is 311 g/mol. The van der Waals surface area contributed by atoms with Crippen LogP contribution in [0.4, 0.5) is 11.4 Å². The first-order chi connectivity index (χ1) is 8.18. The van der Waals surface area contributed by atoms with Gasteiger partial charge in [0, 0.05) is 21.8 Å². The van der Waals surface area contributed by atoms with E-state index in [1.807, 2.05) is 12.1 Å². The quantitative estimate of drug-likeness (QED) is 0.819. The van der Waals surface area contributed by atoms with Gasteiger partial charge in [-0.1, -0.05) is 27.7 Å². The summed E-state index contributed by atoms with van der Waals surface area (Å²) in [5.41, 5.74) is 7.28. The Bertz CT molecular complexity index is 495. The SMILES string of the molecule is CC1(C)C(C(=O)Nc2ccc(Br)c(N)c2)C1(C)C. The van der Waals surface area contributed by atoms with Crippen molar-refractivity contribution >= 4 is 33.2 Å². The molecule has 1 aromatic carbocycles. The van der Waals surface area contributed by atoms with Gasteiger partial charge < -0.3 is 11.1 Å². The molecule has 1 aliphatic carbocycles. The maximum absolute atomic E-state index is 12.2. The first kappa shape index (κ1) is 13.4. The van der Waals surface area contributed by atoms with Crippen LogP contribution in [0.1, 0.15) is 27.7 Å². The molecule has 0 aliphatic heterocycles. The molecule has 3 nitrogen and oxygen atoms in total. The maximum Gasteiger partial charge on any atom is 0.228 e. The molecule has 0 aromatic heterocycles. The third-order valence-corrected chi connectivity index (χ3v) is 5.27. The Morgan fingerprint density at radius 3 is 2.28 bits per heavy atom. The van der Waals surface area contributed by atoms with Gasteiger partial charge in [0.25, 0.3) is 0 Å². The van der Waals surface area contributed by atoms with Crippen molar-refractivity contribution < 1.29 is 4.79 Å². The van der Waals surface area contributed by atoms with E-state index in [2.05, 4.69) is 48.9 Å². The fourth-order valence-electron chi connectivity index (χ4n) is 2.69. The van der Waals surface area contributed by atoms with E-state index in [-0.39, 0.29) is 22.7 Å². The summed E-state index contributed by atoms with van der Waals surface area (Å²) < 4.78 is 0.840. The minimum Gasteiger partial charge on any atom is -0.398 e. The molecule has 1 aliphatic rings. The zero-order valence-corrected chi connectivity index (χ0v) is 12.8. The Labute approximate surface area is 116 Å². The number of hydrogen-bond acceptors (Lipinski definition) is 2. The van der Waals surface area contributed by atoms with Crippen LogP contribution in [-0.4, -0.2) is 5.91 Å². The number of benzene rings is 1. The highest BCUT2D eigenvalue weighted by molar-refractivity contribution is 9.10. The summed E-state index contributed by atoms with van der Waals surface area (Å²) >= 11 is 3.34. The van der Waals surface area contributed by atoms with Gasteiger partial charge in [-0.25, -0.2) is 0 Å². The third-order valence-electron chi connectivity index (χ3n) is 4.55. The van der Waals surface area contributed by atoms with Crippen molar-refractivity contribution in [3.63, 3.8) is 0 Å². The number of carbonyl (C=O) groups is 1. The average Bonchev–Trinajstić information content (AvgIpc) is 2.63. The predicted octanol–water partition coefficient (Wildman–Crippen LogP) is 3.65. The molecule has 0 spiro atoms. The van der Waals surface area contributed by atoms with Gasteiger partial charge in [-0.15, -0.1) is 0 Å². The zero-order chi connectivity index (χ0) is 13.7. The lowest BCUT2D eigenvalue weighted by molar-refractivity contribution is -0.118. The van der Waals surface area contributed by atoms with Gasteiger partial charge in [-0.3, -0.25) is 4.79 Å². The minimum absolute atomic E-state index is 0.0508. The molecular formula is C14H19BrN2O. The van der Waals surface area contributed by atoms with Crippen molar-refractivity contribution in [2.24, 2.45) is 16.7 Å². The van der Waals surface area contributed by atoms with Crippen LogP contribution in [0.25, 0.3) is 0 Å². The number of halogens is 1. The summed E-state index contributed by atoms with van der Waals surface area (Å²) in [5, 5.41) is 2.94. The Morgan fingerprint density at radius 1 is 1.28 bits per heavy atom. The molecule has 18 heavy (non-hydrogen) atoms. The second-order valence-corrected chi connectivity index (χ2v) is 6.96. The molecule has 98 valence electrons. The lowest BCUT2D eigenvalue weighted by Gasteiger charge is -2.08. The molecule has 1 amide bonds. The summed E-state index contributed by atoms with van der Waals surface area (Å²) in [6.07, 6.45) is 0. The van der Waals surface area contributed by atoms with Crippen LogP contribution in [0.3, 0.4) is 0 Å². The van der Waals surface area contributed by atoms with E-state index in [1.54, 1.807) is 6.07 Å². The van der Waals surface area contributed by atoms with Gasteiger partial charge in [0.05, 0.1) is 0 Å². The number of amides is 1. The molecule has 0 radical (unpaired) electrons. The number of nitrogens with two attached hydrogens (primary N) is 1. The van der Waals surface area contributed by atoms with Gasteiger partial charge in [0.1, 0.15) is 0 Å². The molecule has 1 aromatic rings. The smallest absolute Gasteiger partial charge is 0.228 e. The topological polar surface area (TPSA) is 55.1 Å². The van der Waals surface area contributed by atoms with E-state index in [1.165, 1.54) is 0 Å². The zero-order valence-electron chi connectivity index (χ0n) is 11.2. The lowest BCUT2D eigenvalue weighted by Crippen LogP contribution is -2.17. The fraction of sp³-hybridized carbons (Fsp3) is 0.500. The lowest BCUT2D eigenvalue weighted by atomic mass is 10.0. The first-order valence-corrected chi connectivity index (χ1v) is 6.83. The van der Waals surface area contributed by atoms with Gasteiger partial charge in [0.2, 0.25) is 5.91 Å².